The van der Waals surface area contributed by atoms with E-state index in [1.165, 1.54) is 12.3 Å². The van der Waals surface area contributed by atoms with Crippen LogP contribution in [0.1, 0.15) is 11.6 Å². The monoisotopic (exact) mass is 291 g/mol. The van der Waals surface area contributed by atoms with Crippen molar-refractivity contribution in [2.45, 2.75) is 6.04 Å². The number of amides is 2. The van der Waals surface area contributed by atoms with Gasteiger partial charge in [0.05, 0.1) is 12.6 Å². The number of urea groups is 1. The molecule has 0 aliphatic rings. The van der Waals surface area contributed by atoms with Gasteiger partial charge in [-0.3, -0.25) is 0 Å². The molecule has 104 valence electrons. The third kappa shape index (κ3) is 3.94. The molecule has 2 amide bonds. The average Bonchev–Trinajstić information content (AvgIpc) is 2.45. The number of aliphatic hydroxyl groups is 1. The first kappa shape index (κ1) is 14.3. The third-order valence-corrected chi connectivity index (χ3v) is 2.88. The molecular formula is C14H14ClN3O2. The molecule has 0 bridgehead atoms. The molecule has 1 heterocycles. The largest absolute Gasteiger partial charge is 0.394 e. The van der Waals surface area contributed by atoms with Crippen LogP contribution in [0, 0.1) is 0 Å². The van der Waals surface area contributed by atoms with Crippen LogP contribution in [0.25, 0.3) is 0 Å². The average molecular weight is 292 g/mol. The quantitative estimate of drug-likeness (QED) is 0.758. The minimum absolute atomic E-state index is 0.186. The molecule has 1 atom stereocenters. The number of pyridine rings is 1. The Morgan fingerprint density at radius 2 is 2.05 bits per heavy atom. The Morgan fingerprint density at radius 3 is 2.70 bits per heavy atom. The molecule has 0 saturated carbocycles. The summed E-state index contributed by atoms with van der Waals surface area (Å²) in [7, 11) is 0. The zero-order valence-corrected chi connectivity index (χ0v) is 11.3. The van der Waals surface area contributed by atoms with Crippen LogP contribution in [-0.4, -0.2) is 22.7 Å². The molecule has 5 nitrogen and oxygen atoms in total. The lowest BCUT2D eigenvalue weighted by atomic mass is 10.1. The van der Waals surface area contributed by atoms with Crippen molar-refractivity contribution in [3.63, 3.8) is 0 Å². The van der Waals surface area contributed by atoms with Crippen LogP contribution in [0.5, 0.6) is 0 Å². The standard InChI is InChI=1S/C14H14ClN3O2/c15-13-8-11(6-7-16-13)17-14(20)18-12(9-19)10-4-2-1-3-5-10/h1-8,12,19H,9H2,(H2,16,17,18,20)/t12-/m1/s1. The fraction of sp³-hybridized carbons (Fsp3) is 0.143. The number of rotatable bonds is 4. The van der Waals surface area contributed by atoms with Gasteiger partial charge in [-0.15, -0.1) is 0 Å². The first-order chi connectivity index (χ1) is 9.69. The van der Waals surface area contributed by atoms with Crippen LogP contribution in [0.3, 0.4) is 0 Å². The SMILES string of the molecule is O=C(Nc1ccnc(Cl)c1)N[C@H](CO)c1ccccc1. The van der Waals surface area contributed by atoms with Crippen molar-refractivity contribution >= 4 is 23.3 Å². The Kier molecular flexibility index (Phi) is 4.92. The van der Waals surface area contributed by atoms with Crippen molar-refractivity contribution in [1.82, 2.24) is 10.3 Å². The molecule has 6 heteroatoms. The van der Waals surface area contributed by atoms with E-state index in [4.69, 9.17) is 11.6 Å². The van der Waals surface area contributed by atoms with E-state index in [-0.39, 0.29) is 6.61 Å². The Bertz CT molecular complexity index is 578. The van der Waals surface area contributed by atoms with E-state index >= 15 is 0 Å². The molecule has 0 saturated heterocycles. The highest BCUT2D eigenvalue weighted by molar-refractivity contribution is 6.29. The molecule has 20 heavy (non-hydrogen) atoms. The van der Waals surface area contributed by atoms with Gasteiger partial charge in [0.2, 0.25) is 0 Å². The Hall–Kier alpha value is -2.11. The van der Waals surface area contributed by atoms with E-state index in [0.29, 0.717) is 10.8 Å². The molecule has 3 N–H and O–H groups in total. The topological polar surface area (TPSA) is 74.2 Å². The van der Waals surface area contributed by atoms with Crippen LogP contribution >= 0.6 is 11.6 Å². The van der Waals surface area contributed by atoms with Gasteiger partial charge in [0.25, 0.3) is 0 Å². The van der Waals surface area contributed by atoms with Crippen molar-refractivity contribution in [3.05, 3.63) is 59.4 Å². The highest BCUT2D eigenvalue weighted by atomic mass is 35.5. The summed E-state index contributed by atoms with van der Waals surface area (Å²) < 4.78 is 0. The summed E-state index contributed by atoms with van der Waals surface area (Å²) in [6.45, 7) is -0.186. The maximum absolute atomic E-state index is 11.9. The molecule has 0 fully saturated rings. The van der Waals surface area contributed by atoms with E-state index in [1.807, 2.05) is 30.3 Å². The number of halogens is 1. The van der Waals surface area contributed by atoms with E-state index in [2.05, 4.69) is 15.6 Å². The van der Waals surface area contributed by atoms with E-state index in [1.54, 1.807) is 6.07 Å². The summed E-state index contributed by atoms with van der Waals surface area (Å²) in [6.07, 6.45) is 1.50. The van der Waals surface area contributed by atoms with E-state index in [9.17, 15) is 9.90 Å². The van der Waals surface area contributed by atoms with Gasteiger partial charge in [-0.1, -0.05) is 41.9 Å². The summed E-state index contributed by atoms with van der Waals surface area (Å²) in [6, 6.07) is 11.5. The summed E-state index contributed by atoms with van der Waals surface area (Å²) in [5, 5.41) is 15.0. The maximum Gasteiger partial charge on any atom is 0.319 e. The molecule has 0 unspecified atom stereocenters. The Morgan fingerprint density at radius 1 is 1.30 bits per heavy atom. The number of carbonyl (C=O) groups is 1. The highest BCUT2D eigenvalue weighted by Crippen LogP contribution is 2.14. The number of hydrogen-bond donors (Lipinski definition) is 3. The van der Waals surface area contributed by atoms with Crippen molar-refractivity contribution in [1.29, 1.82) is 0 Å². The molecule has 1 aromatic heterocycles. The number of hydrogen-bond acceptors (Lipinski definition) is 3. The van der Waals surface area contributed by atoms with Gasteiger partial charge in [-0.2, -0.15) is 0 Å². The van der Waals surface area contributed by atoms with Gasteiger partial charge >= 0.3 is 6.03 Å². The molecule has 1 aromatic carbocycles. The predicted molar refractivity (Wildman–Crippen MR) is 77.7 cm³/mol. The number of nitrogens with one attached hydrogen (secondary N) is 2. The fourth-order valence-corrected chi connectivity index (χ4v) is 1.90. The highest BCUT2D eigenvalue weighted by Gasteiger charge is 2.13. The van der Waals surface area contributed by atoms with Gasteiger partial charge in [0.15, 0.2) is 0 Å². The number of nitrogens with zero attached hydrogens (tertiary/aromatic N) is 1. The van der Waals surface area contributed by atoms with Gasteiger partial charge < -0.3 is 15.7 Å². The molecule has 0 aliphatic carbocycles. The number of anilines is 1. The van der Waals surface area contributed by atoms with E-state index in [0.717, 1.165) is 5.56 Å². The van der Waals surface area contributed by atoms with Crippen molar-refractivity contribution in [2.75, 3.05) is 11.9 Å². The van der Waals surface area contributed by atoms with Crippen LogP contribution in [0.15, 0.2) is 48.7 Å². The number of aromatic nitrogens is 1. The van der Waals surface area contributed by atoms with Crippen LogP contribution in [0.2, 0.25) is 5.15 Å². The zero-order chi connectivity index (χ0) is 14.4. The number of benzene rings is 1. The number of carbonyl (C=O) groups excluding carboxylic acids is 1. The van der Waals surface area contributed by atoms with Gasteiger partial charge in [-0.25, -0.2) is 9.78 Å². The normalized spacial score (nSPS) is 11.7. The van der Waals surface area contributed by atoms with E-state index < -0.39 is 12.1 Å². The van der Waals surface area contributed by atoms with Gasteiger partial charge in [-0.05, 0) is 17.7 Å². The molecule has 0 spiro atoms. The lowest BCUT2D eigenvalue weighted by Gasteiger charge is -2.17. The second kappa shape index (κ2) is 6.88. The van der Waals surface area contributed by atoms with Gasteiger partial charge in [0.1, 0.15) is 5.15 Å². The van der Waals surface area contributed by atoms with Crippen LogP contribution in [-0.2, 0) is 0 Å². The molecule has 0 aliphatic heterocycles. The zero-order valence-electron chi connectivity index (χ0n) is 10.6. The minimum atomic E-state index is -0.464. The Balaban J connectivity index is 2.00. The minimum Gasteiger partial charge on any atom is -0.394 e. The lowest BCUT2D eigenvalue weighted by Crippen LogP contribution is -2.34. The van der Waals surface area contributed by atoms with Crippen molar-refractivity contribution in [3.8, 4) is 0 Å². The predicted octanol–water partition coefficient (Wildman–Crippen LogP) is 2.59. The lowest BCUT2D eigenvalue weighted by molar-refractivity contribution is 0.225. The molecule has 0 radical (unpaired) electrons. The first-order valence-electron chi connectivity index (χ1n) is 6.04. The van der Waals surface area contributed by atoms with Crippen LogP contribution in [0.4, 0.5) is 10.5 Å². The summed E-state index contributed by atoms with van der Waals surface area (Å²) in [4.78, 5) is 15.7. The van der Waals surface area contributed by atoms with Gasteiger partial charge in [0, 0.05) is 11.9 Å². The summed E-state index contributed by atoms with van der Waals surface area (Å²) in [5.41, 5.74) is 1.37. The van der Waals surface area contributed by atoms with Crippen LogP contribution < -0.4 is 10.6 Å². The Labute approximate surface area is 121 Å². The fourth-order valence-electron chi connectivity index (χ4n) is 1.73. The molecule has 2 aromatic rings. The molecular weight excluding hydrogens is 278 g/mol. The summed E-state index contributed by atoms with van der Waals surface area (Å²) >= 11 is 5.73. The molecule has 2 rings (SSSR count). The first-order valence-corrected chi connectivity index (χ1v) is 6.41. The maximum atomic E-state index is 11.9. The third-order valence-electron chi connectivity index (χ3n) is 2.67. The smallest absolute Gasteiger partial charge is 0.319 e. The summed E-state index contributed by atoms with van der Waals surface area (Å²) in [5.74, 6) is 0. The number of aliphatic hydroxyl groups excluding tert-OH is 1. The van der Waals surface area contributed by atoms with Crippen molar-refractivity contribution < 1.29 is 9.90 Å². The second-order valence-electron chi connectivity index (χ2n) is 4.11. The van der Waals surface area contributed by atoms with Crippen molar-refractivity contribution in [2.24, 2.45) is 0 Å². The second-order valence-corrected chi connectivity index (χ2v) is 4.50.